The monoisotopic (exact) mass is 449 g/mol. The highest BCUT2D eigenvalue weighted by Gasteiger charge is 2.23. The fourth-order valence-corrected chi connectivity index (χ4v) is 4.65. The van der Waals surface area contributed by atoms with Gasteiger partial charge in [-0.15, -0.1) is 0 Å². The predicted molar refractivity (Wildman–Crippen MR) is 128 cm³/mol. The molecule has 0 saturated carbocycles. The van der Waals surface area contributed by atoms with Crippen LogP contribution in [0.1, 0.15) is 16.8 Å². The van der Waals surface area contributed by atoms with E-state index in [2.05, 4.69) is 36.9 Å². The zero-order valence-corrected chi connectivity index (χ0v) is 19.3. The molecule has 0 amide bonds. The molecule has 9 nitrogen and oxygen atoms in total. The number of H-pyrrole nitrogens is 2. The van der Waals surface area contributed by atoms with Gasteiger partial charge in [0.2, 0.25) is 5.95 Å². The Morgan fingerprint density at radius 2 is 1.79 bits per heavy atom. The molecule has 0 spiro atoms. The molecule has 174 valence electrons. The van der Waals surface area contributed by atoms with E-state index >= 15 is 0 Å². The molecule has 3 aromatic rings. The lowest BCUT2D eigenvalue weighted by Gasteiger charge is -2.32. The Balaban J connectivity index is 1.30. The Morgan fingerprint density at radius 1 is 1.03 bits per heavy atom. The fourth-order valence-electron chi connectivity index (χ4n) is 4.65. The van der Waals surface area contributed by atoms with Crippen LogP contribution in [0, 0.1) is 0 Å². The summed E-state index contributed by atoms with van der Waals surface area (Å²) in [6, 6.07) is 7.99. The number of nitrogens with one attached hydrogen (secondary N) is 2. The van der Waals surface area contributed by atoms with Crippen molar-refractivity contribution in [3.8, 4) is 17.0 Å². The summed E-state index contributed by atoms with van der Waals surface area (Å²) in [6.45, 7) is 6.19. The van der Waals surface area contributed by atoms with Crippen LogP contribution in [-0.4, -0.2) is 83.4 Å². The van der Waals surface area contributed by atoms with Crippen LogP contribution >= 0.6 is 0 Å². The molecule has 2 aliphatic rings. The Hall–Kier alpha value is -3.17. The number of hydrogen-bond acceptors (Lipinski definition) is 7. The molecule has 2 aliphatic heterocycles. The van der Waals surface area contributed by atoms with Gasteiger partial charge in [-0.3, -0.25) is 19.8 Å². The lowest BCUT2D eigenvalue weighted by atomic mass is 10.1. The van der Waals surface area contributed by atoms with Crippen molar-refractivity contribution in [2.24, 2.45) is 0 Å². The summed E-state index contributed by atoms with van der Waals surface area (Å²) in [5.41, 5.74) is 5.03. The molecule has 0 bridgehead atoms. The van der Waals surface area contributed by atoms with E-state index in [0.717, 1.165) is 92.0 Å². The fraction of sp³-hybridized carbons (Fsp3) is 0.458. The van der Waals surface area contributed by atoms with E-state index < -0.39 is 0 Å². The summed E-state index contributed by atoms with van der Waals surface area (Å²) in [6.07, 6.45) is 3.38. The van der Waals surface area contributed by atoms with E-state index in [0.29, 0.717) is 6.42 Å². The quantitative estimate of drug-likeness (QED) is 0.610. The first kappa shape index (κ1) is 21.7. The summed E-state index contributed by atoms with van der Waals surface area (Å²) < 4.78 is 5.27. The minimum absolute atomic E-state index is 0.0120. The maximum atomic E-state index is 12.9. The molecule has 9 heteroatoms. The maximum absolute atomic E-state index is 12.9. The van der Waals surface area contributed by atoms with E-state index in [9.17, 15) is 4.79 Å². The molecule has 1 saturated heterocycles. The van der Waals surface area contributed by atoms with Crippen LogP contribution in [0.15, 0.2) is 35.3 Å². The lowest BCUT2D eigenvalue weighted by Crippen LogP contribution is -2.45. The van der Waals surface area contributed by atoms with Crippen molar-refractivity contribution in [1.29, 1.82) is 0 Å². The van der Waals surface area contributed by atoms with Crippen molar-refractivity contribution < 1.29 is 4.74 Å². The van der Waals surface area contributed by atoms with Crippen molar-refractivity contribution in [1.82, 2.24) is 30.0 Å². The second-order valence-electron chi connectivity index (χ2n) is 8.88. The molecule has 0 unspecified atom stereocenters. The van der Waals surface area contributed by atoms with Crippen molar-refractivity contribution in [3.63, 3.8) is 0 Å². The molecule has 0 aliphatic carbocycles. The number of aromatic nitrogens is 4. The van der Waals surface area contributed by atoms with Crippen LogP contribution in [0.5, 0.6) is 5.75 Å². The number of hydrogen-bond donors (Lipinski definition) is 2. The number of ether oxygens (including phenoxy) is 1. The van der Waals surface area contributed by atoms with Gasteiger partial charge < -0.3 is 14.5 Å². The molecular formula is C24H31N7O2. The highest BCUT2D eigenvalue weighted by atomic mass is 16.5. The third-order valence-electron chi connectivity index (χ3n) is 6.72. The number of nitrogens with zero attached hydrogens (tertiary/aromatic N) is 5. The average molecular weight is 450 g/mol. The number of methoxy groups -OCH3 is 1. The maximum Gasteiger partial charge on any atom is 0.255 e. The van der Waals surface area contributed by atoms with Crippen LogP contribution in [-0.2, 0) is 19.4 Å². The molecule has 1 aromatic carbocycles. The second kappa shape index (κ2) is 9.36. The number of likely N-dealkylation sites (N-methyl/N-ethyl adjacent to an activating group) is 1. The predicted octanol–water partition coefficient (Wildman–Crippen LogP) is 1.52. The van der Waals surface area contributed by atoms with Crippen LogP contribution in [0.25, 0.3) is 11.3 Å². The highest BCUT2D eigenvalue weighted by molar-refractivity contribution is 5.63. The minimum Gasteiger partial charge on any atom is -0.497 e. The number of aromatic amines is 2. The Labute approximate surface area is 193 Å². The van der Waals surface area contributed by atoms with Crippen LogP contribution < -0.4 is 15.2 Å². The largest absolute Gasteiger partial charge is 0.497 e. The number of anilines is 1. The van der Waals surface area contributed by atoms with Gasteiger partial charge in [0.25, 0.3) is 5.56 Å². The zero-order valence-electron chi connectivity index (χ0n) is 19.3. The molecule has 0 atom stereocenters. The summed E-state index contributed by atoms with van der Waals surface area (Å²) in [4.78, 5) is 27.7. The van der Waals surface area contributed by atoms with Crippen LogP contribution in [0.4, 0.5) is 5.95 Å². The molecular weight excluding hydrogens is 418 g/mol. The van der Waals surface area contributed by atoms with Crippen molar-refractivity contribution in [2.45, 2.75) is 19.4 Å². The Bertz CT molecular complexity index is 1150. The molecule has 2 N–H and O–H groups in total. The first-order valence-corrected chi connectivity index (χ1v) is 11.6. The third-order valence-corrected chi connectivity index (χ3v) is 6.72. The molecule has 33 heavy (non-hydrogen) atoms. The highest BCUT2D eigenvalue weighted by Crippen LogP contribution is 2.25. The number of piperazine rings is 1. The molecule has 0 radical (unpaired) electrons. The van der Waals surface area contributed by atoms with Gasteiger partial charge in [-0.05, 0) is 37.7 Å². The Morgan fingerprint density at radius 3 is 2.55 bits per heavy atom. The number of fused-ring (bicyclic) bond motifs is 1. The Kier molecular flexibility index (Phi) is 6.15. The second-order valence-corrected chi connectivity index (χ2v) is 8.88. The minimum atomic E-state index is 0.0120. The van der Waals surface area contributed by atoms with Crippen molar-refractivity contribution in [2.75, 3.05) is 58.3 Å². The van der Waals surface area contributed by atoms with Gasteiger partial charge >= 0.3 is 0 Å². The van der Waals surface area contributed by atoms with Crippen molar-refractivity contribution in [3.05, 3.63) is 57.6 Å². The van der Waals surface area contributed by atoms with E-state index in [4.69, 9.17) is 9.72 Å². The van der Waals surface area contributed by atoms with E-state index in [-0.39, 0.29) is 5.56 Å². The standard InChI is InChI=1S/C24H31N7O2/c1-29-11-13-31(14-12-29)24-26-21-8-10-30(9-7-20(21)23(32)27-24)16-18-15-25-28-22(18)17-3-5-19(33-2)6-4-17/h3-6,15H,7-14,16H2,1-2H3,(H,25,28)(H,26,27,32). The SMILES string of the molecule is COc1ccc(-c2[nH]ncc2CN2CCc3nc(N4CCN(C)CC4)[nH]c(=O)c3CC2)cc1. The summed E-state index contributed by atoms with van der Waals surface area (Å²) >= 11 is 0. The van der Waals surface area contributed by atoms with E-state index in [1.165, 1.54) is 0 Å². The zero-order chi connectivity index (χ0) is 22.8. The topological polar surface area (TPSA) is 93.4 Å². The third kappa shape index (κ3) is 4.65. The van der Waals surface area contributed by atoms with Gasteiger partial charge in [0.05, 0.1) is 24.7 Å². The molecule has 2 aromatic heterocycles. The molecule has 4 heterocycles. The van der Waals surface area contributed by atoms with Crippen LogP contribution in [0.2, 0.25) is 0 Å². The summed E-state index contributed by atoms with van der Waals surface area (Å²) in [7, 11) is 3.79. The first-order chi connectivity index (χ1) is 16.1. The van der Waals surface area contributed by atoms with Gasteiger partial charge in [0.15, 0.2) is 0 Å². The smallest absolute Gasteiger partial charge is 0.255 e. The van der Waals surface area contributed by atoms with Gasteiger partial charge in [0.1, 0.15) is 5.75 Å². The average Bonchev–Trinajstić information content (AvgIpc) is 3.19. The van der Waals surface area contributed by atoms with Crippen LogP contribution in [0.3, 0.4) is 0 Å². The molecule has 1 fully saturated rings. The number of benzene rings is 1. The van der Waals surface area contributed by atoms with Gasteiger partial charge in [-0.25, -0.2) is 4.98 Å². The van der Waals surface area contributed by atoms with Gasteiger partial charge in [-0.1, -0.05) is 0 Å². The first-order valence-electron chi connectivity index (χ1n) is 11.6. The van der Waals surface area contributed by atoms with E-state index in [1.807, 2.05) is 30.5 Å². The van der Waals surface area contributed by atoms with Gasteiger partial charge in [-0.2, -0.15) is 5.10 Å². The summed E-state index contributed by atoms with van der Waals surface area (Å²) in [5.74, 6) is 1.55. The lowest BCUT2D eigenvalue weighted by molar-refractivity contribution is 0.279. The van der Waals surface area contributed by atoms with Gasteiger partial charge in [0, 0.05) is 68.9 Å². The van der Waals surface area contributed by atoms with Crippen molar-refractivity contribution >= 4 is 5.95 Å². The molecule has 5 rings (SSSR count). The summed E-state index contributed by atoms with van der Waals surface area (Å²) in [5, 5.41) is 7.44. The number of rotatable bonds is 5. The van der Waals surface area contributed by atoms with E-state index in [1.54, 1.807) is 7.11 Å². The normalized spacial score (nSPS) is 17.6.